The Bertz CT molecular complexity index is 802. The van der Waals surface area contributed by atoms with Gasteiger partial charge in [-0.1, -0.05) is 6.42 Å². The van der Waals surface area contributed by atoms with Gasteiger partial charge in [-0.3, -0.25) is 9.36 Å². The van der Waals surface area contributed by atoms with Gasteiger partial charge in [-0.15, -0.1) is 0 Å². The Kier molecular flexibility index (Phi) is 3.95. The minimum Gasteiger partial charge on any atom is -0.350 e. The molecule has 2 aromatic rings. The number of carbonyl (C=O) groups is 1. The summed E-state index contributed by atoms with van der Waals surface area (Å²) in [6, 6.07) is 0.0790. The molecule has 128 valence electrons. The lowest BCUT2D eigenvalue weighted by molar-refractivity contribution is -0.122. The molecule has 0 radical (unpaired) electrons. The lowest BCUT2D eigenvalue weighted by Crippen LogP contribution is -2.43. The molecule has 0 spiro atoms. The summed E-state index contributed by atoms with van der Waals surface area (Å²) >= 11 is 0. The highest BCUT2D eigenvalue weighted by Gasteiger charge is 2.22. The molecule has 1 amide bonds. The third-order valence-corrected chi connectivity index (χ3v) is 4.88. The second kappa shape index (κ2) is 6.26. The van der Waals surface area contributed by atoms with Crippen molar-refractivity contribution in [3.8, 4) is 0 Å². The Hall–Kier alpha value is -2.38. The molecule has 0 saturated heterocycles. The lowest BCUT2D eigenvalue weighted by atomic mass is 10.1. The summed E-state index contributed by atoms with van der Waals surface area (Å²) in [7, 11) is 0. The van der Waals surface area contributed by atoms with Crippen LogP contribution in [-0.2, 0) is 37.3 Å². The number of nitrogens with zero attached hydrogens (tertiary/aromatic N) is 5. The van der Waals surface area contributed by atoms with Gasteiger partial charge in [0.25, 0.3) is 0 Å². The van der Waals surface area contributed by atoms with Crippen LogP contribution in [0.3, 0.4) is 0 Å². The van der Waals surface area contributed by atoms with Crippen LogP contribution in [0.25, 0.3) is 0 Å². The highest BCUT2D eigenvalue weighted by atomic mass is 16.2. The Labute approximate surface area is 139 Å². The van der Waals surface area contributed by atoms with E-state index in [1.54, 1.807) is 10.8 Å². The maximum absolute atomic E-state index is 12.4. The SMILES string of the molecule is O=C(Cn1nc2n(c1=O)CCCCC2)N[C@@H]1CCc2nccn2C1. The molecule has 2 aliphatic rings. The molecule has 8 heteroatoms. The molecule has 1 N–H and O–H groups in total. The second-order valence-corrected chi connectivity index (χ2v) is 6.62. The van der Waals surface area contributed by atoms with Gasteiger partial charge in [0.1, 0.15) is 18.2 Å². The van der Waals surface area contributed by atoms with Gasteiger partial charge in [0.05, 0.1) is 0 Å². The van der Waals surface area contributed by atoms with E-state index in [9.17, 15) is 9.59 Å². The van der Waals surface area contributed by atoms with Gasteiger partial charge in [-0.2, -0.15) is 5.10 Å². The van der Waals surface area contributed by atoms with Crippen molar-refractivity contribution < 1.29 is 4.79 Å². The third kappa shape index (κ3) is 2.88. The number of imidazole rings is 1. The topological polar surface area (TPSA) is 86.7 Å². The summed E-state index contributed by atoms with van der Waals surface area (Å²) in [5, 5.41) is 7.38. The Morgan fingerprint density at radius 3 is 3.08 bits per heavy atom. The van der Waals surface area contributed by atoms with E-state index >= 15 is 0 Å². The minimum absolute atomic E-state index is 0.00782. The molecule has 4 heterocycles. The molecule has 4 rings (SSSR count). The molecule has 2 aromatic heterocycles. The van der Waals surface area contributed by atoms with Gasteiger partial charge < -0.3 is 9.88 Å². The van der Waals surface area contributed by atoms with Crippen molar-refractivity contribution in [1.29, 1.82) is 0 Å². The van der Waals surface area contributed by atoms with Crippen LogP contribution in [0.2, 0.25) is 0 Å². The van der Waals surface area contributed by atoms with E-state index in [-0.39, 0.29) is 24.2 Å². The Morgan fingerprint density at radius 2 is 2.17 bits per heavy atom. The van der Waals surface area contributed by atoms with Crippen LogP contribution in [0.4, 0.5) is 0 Å². The number of aromatic nitrogens is 5. The van der Waals surface area contributed by atoms with Crippen LogP contribution in [0.1, 0.15) is 37.3 Å². The fourth-order valence-electron chi connectivity index (χ4n) is 3.62. The number of carbonyl (C=O) groups excluding carboxylic acids is 1. The number of fused-ring (bicyclic) bond motifs is 2. The zero-order valence-electron chi connectivity index (χ0n) is 13.6. The maximum Gasteiger partial charge on any atom is 0.346 e. The highest BCUT2D eigenvalue weighted by molar-refractivity contribution is 5.75. The molecule has 2 aliphatic heterocycles. The second-order valence-electron chi connectivity index (χ2n) is 6.62. The fourth-order valence-corrected chi connectivity index (χ4v) is 3.62. The average molecular weight is 330 g/mol. The van der Waals surface area contributed by atoms with Gasteiger partial charge in [-0.05, 0) is 19.3 Å². The molecule has 0 saturated carbocycles. The van der Waals surface area contributed by atoms with Crippen molar-refractivity contribution in [1.82, 2.24) is 29.2 Å². The summed E-state index contributed by atoms with van der Waals surface area (Å²) in [6.45, 7) is 1.43. The monoisotopic (exact) mass is 330 g/mol. The van der Waals surface area contributed by atoms with Crippen LogP contribution < -0.4 is 11.0 Å². The van der Waals surface area contributed by atoms with E-state index < -0.39 is 0 Å². The zero-order chi connectivity index (χ0) is 16.5. The smallest absolute Gasteiger partial charge is 0.346 e. The van der Waals surface area contributed by atoms with Gasteiger partial charge in [0.2, 0.25) is 5.91 Å². The predicted molar refractivity (Wildman–Crippen MR) is 86.5 cm³/mol. The molecule has 0 aliphatic carbocycles. The fraction of sp³-hybridized carbons (Fsp3) is 0.625. The average Bonchev–Trinajstić information content (AvgIpc) is 3.05. The summed E-state index contributed by atoms with van der Waals surface area (Å²) in [5.41, 5.74) is -0.164. The van der Waals surface area contributed by atoms with E-state index in [1.165, 1.54) is 4.68 Å². The van der Waals surface area contributed by atoms with Crippen molar-refractivity contribution in [2.24, 2.45) is 0 Å². The van der Waals surface area contributed by atoms with E-state index in [4.69, 9.17) is 0 Å². The van der Waals surface area contributed by atoms with Crippen molar-refractivity contribution in [2.45, 2.75) is 64.2 Å². The lowest BCUT2D eigenvalue weighted by Gasteiger charge is -2.24. The molecule has 0 unspecified atom stereocenters. The molecule has 0 aromatic carbocycles. The van der Waals surface area contributed by atoms with Crippen LogP contribution in [0.5, 0.6) is 0 Å². The molecule has 0 bridgehead atoms. The maximum atomic E-state index is 12.4. The summed E-state index contributed by atoms with van der Waals surface area (Å²) < 4.78 is 5.10. The molecule has 8 nitrogen and oxygen atoms in total. The van der Waals surface area contributed by atoms with Crippen LogP contribution in [-0.4, -0.2) is 35.8 Å². The molecular weight excluding hydrogens is 308 g/mol. The largest absolute Gasteiger partial charge is 0.350 e. The first-order valence-electron chi connectivity index (χ1n) is 8.66. The summed E-state index contributed by atoms with van der Waals surface area (Å²) in [5.74, 6) is 1.72. The number of amides is 1. The Balaban J connectivity index is 1.41. The van der Waals surface area contributed by atoms with E-state index in [0.717, 1.165) is 56.7 Å². The van der Waals surface area contributed by atoms with Crippen LogP contribution >= 0.6 is 0 Å². The van der Waals surface area contributed by atoms with Crippen LogP contribution in [0, 0.1) is 0 Å². The normalized spacial score (nSPS) is 20.1. The van der Waals surface area contributed by atoms with E-state index in [1.807, 2.05) is 6.20 Å². The molecule has 1 atom stereocenters. The van der Waals surface area contributed by atoms with Gasteiger partial charge in [0, 0.05) is 44.4 Å². The molecular formula is C16H22N6O2. The first-order chi connectivity index (χ1) is 11.7. The summed E-state index contributed by atoms with van der Waals surface area (Å²) in [4.78, 5) is 29.0. The standard InChI is InChI=1S/C16H22N6O2/c23-15(18-12-5-6-13-17-7-9-20(13)10-12)11-22-16(24)21-8-3-1-2-4-14(21)19-22/h7,9,12H,1-6,8,10-11H2,(H,18,23)/t12-/m1/s1. The van der Waals surface area contributed by atoms with Crippen molar-refractivity contribution in [2.75, 3.05) is 0 Å². The van der Waals surface area contributed by atoms with E-state index in [0.29, 0.717) is 6.54 Å². The number of rotatable bonds is 3. The number of hydrogen-bond acceptors (Lipinski definition) is 4. The zero-order valence-corrected chi connectivity index (χ0v) is 13.6. The molecule has 24 heavy (non-hydrogen) atoms. The quantitative estimate of drug-likeness (QED) is 0.865. The highest BCUT2D eigenvalue weighted by Crippen LogP contribution is 2.13. The summed E-state index contributed by atoms with van der Waals surface area (Å²) in [6.07, 6.45) is 9.45. The van der Waals surface area contributed by atoms with Crippen molar-refractivity contribution in [3.05, 3.63) is 34.5 Å². The first-order valence-corrected chi connectivity index (χ1v) is 8.66. The van der Waals surface area contributed by atoms with Crippen LogP contribution in [0.15, 0.2) is 17.2 Å². The minimum atomic E-state index is -0.164. The van der Waals surface area contributed by atoms with Gasteiger partial charge in [-0.25, -0.2) is 14.5 Å². The Morgan fingerprint density at radius 1 is 1.25 bits per heavy atom. The number of hydrogen-bond donors (Lipinski definition) is 1. The van der Waals surface area contributed by atoms with Gasteiger partial charge >= 0.3 is 5.69 Å². The third-order valence-electron chi connectivity index (χ3n) is 4.88. The predicted octanol–water partition coefficient (Wildman–Crippen LogP) is 0.0989. The van der Waals surface area contributed by atoms with Crippen molar-refractivity contribution in [3.63, 3.8) is 0 Å². The van der Waals surface area contributed by atoms with E-state index in [2.05, 4.69) is 20.0 Å². The number of aryl methyl sites for hydroxylation is 2. The van der Waals surface area contributed by atoms with Crippen molar-refractivity contribution >= 4 is 5.91 Å². The van der Waals surface area contributed by atoms with Gasteiger partial charge in [0.15, 0.2) is 0 Å². The molecule has 0 fully saturated rings. The first kappa shape index (κ1) is 15.2. The number of nitrogens with one attached hydrogen (secondary N) is 1.